The maximum absolute atomic E-state index is 13.0. The van der Waals surface area contributed by atoms with E-state index in [4.69, 9.17) is 10.8 Å². The summed E-state index contributed by atoms with van der Waals surface area (Å²) in [7, 11) is 0. The van der Waals surface area contributed by atoms with Gasteiger partial charge in [0.1, 0.15) is 5.69 Å². The van der Waals surface area contributed by atoms with Gasteiger partial charge in [-0.2, -0.15) is 23.0 Å². The molecular weight excluding hydrogens is 429 g/mol. The average Bonchev–Trinajstić information content (AvgIpc) is 2.73. The van der Waals surface area contributed by atoms with Gasteiger partial charge in [0, 0.05) is 11.8 Å². The fourth-order valence-electron chi connectivity index (χ4n) is 2.93. The summed E-state index contributed by atoms with van der Waals surface area (Å²) in [5.74, 6) is -1.96. The number of benzene rings is 2. The van der Waals surface area contributed by atoms with Crippen LogP contribution in [0.3, 0.4) is 0 Å². The Labute approximate surface area is 179 Å². The van der Waals surface area contributed by atoms with Crippen LogP contribution in [0.5, 0.6) is 0 Å². The Balaban J connectivity index is 1.89. The number of carboxylic acids is 1. The minimum absolute atomic E-state index is 0.0817. The summed E-state index contributed by atoms with van der Waals surface area (Å²) in [4.78, 5) is 36.0. The zero-order chi connectivity index (χ0) is 23.6. The molecule has 3 aromatic rings. The highest BCUT2D eigenvalue weighted by Crippen LogP contribution is 2.32. The van der Waals surface area contributed by atoms with E-state index in [1.807, 2.05) is 0 Å². The van der Waals surface area contributed by atoms with Crippen molar-refractivity contribution in [1.29, 1.82) is 0 Å². The molecule has 1 aromatic heterocycles. The number of halogens is 3. The van der Waals surface area contributed by atoms with Gasteiger partial charge in [-0.05, 0) is 55.0 Å². The van der Waals surface area contributed by atoms with Crippen molar-refractivity contribution in [3.63, 3.8) is 0 Å². The molecule has 0 aliphatic carbocycles. The van der Waals surface area contributed by atoms with Crippen molar-refractivity contribution >= 4 is 17.6 Å². The number of alkyl halides is 3. The summed E-state index contributed by atoms with van der Waals surface area (Å²) in [5.41, 5.74) is 3.88. The number of aromatic carboxylic acids is 1. The molecule has 166 valence electrons. The van der Waals surface area contributed by atoms with E-state index in [1.165, 1.54) is 37.3 Å². The number of nitrogens with two attached hydrogens (primary N) is 1. The molecule has 0 fully saturated rings. The Morgan fingerprint density at radius 3 is 2.50 bits per heavy atom. The number of nitrogens with zero attached hydrogens (tertiary/aromatic N) is 2. The smallest absolute Gasteiger partial charge is 0.416 e. The summed E-state index contributed by atoms with van der Waals surface area (Å²) in [5, 5.41) is 15.6. The molecule has 8 nitrogen and oxygen atoms in total. The largest absolute Gasteiger partial charge is 0.478 e. The summed E-state index contributed by atoms with van der Waals surface area (Å²) in [6.07, 6.45) is -4.60. The van der Waals surface area contributed by atoms with Gasteiger partial charge in [0.2, 0.25) is 0 Å². The minimum Gasteiger partial charge on any atom is -0.478 e. The van der Waals surface area contributed by atoms with Gasteiger partial charge in [0.05, 0.1) is 22.9 Å². The second-order valence-electron chi connectivity index (χ2n) is 6.91. The van der Waals surface area contributed by atoms with Crippen LogP contribution in [0.1, 0.15) is 44.9 Å². The third-order valence-electron chi connectivity index (χ3n) is 4.52. The van der Waals surface area contributed by atoms with E-state index in [0.717, 1.165) is 28.9 Å². The van der Waals surface area contributed by atoms with Gasteiger partial charge < -0.3 is 16.2 Å². The molecule has 0 saturated heterocycles. The molecule has 1 amide bonds. The van der Waals surface area contributed by atoms with Crippen molar-refractivity contribution < 1.29 is 27.9 Å². The molecule has 32 heavy (non-hydrogen) atoms. The van der Waals surface area contributed by atoms with E-state index in [-0.39, 0.29) is 28.2 Å². The Hall–Kier alpha value is -4.15. The molecule has 2 aromatic carbocycles. The number of rotatable bonds is 5. The Morgan fingerprint density at radius 2 is 1.84 bits per heavy atom. The van der Waals surface area contributed by atoms with Crippen LogP contribution in [0.25, 0.3) is 5.69 Å². The van der Waals surface area contributed by atoms with Crippen LogP contribution in [-0.4, -0.2) is 26.8 Å². The summed E-state index contributed by atoms with van der Waals surface area (Å²) >= 11 is 0. The Morgan fingerprint density at radius 1 is 1.12 bits per heavy atom. The normalized spacial score (nSPS) is 12.2. The van der Waals surface area contributed by atoms with E-state index >= 15 is 0 Å². The number of carbonyl (C=O) groups is 2. The highest BCUT2D eigenvalue weighted by Gasteiger charge is 2.31. The average molecular weight is 446 g/mol. The standard InChI is InChI=1S/C21H17F3N4O4/c1-11(13-7-14(21(22,23)24)10-15(25)8-13)26-19(30)17-5-6-18(29)28(27-17)16-4-2-3-12(9-16)20(31)32/h2-11H,25H2,1H3,(H,26,30)(H,31,32)/t11-/m1/s1. The van der Waals surface area contributed by atoms with Gasteiger partial charge in [-0.25, -0.2) is 4.79 Å². The van der Waals surface area contributed by atoms with Crippen molar-refractivity contribution in [1.82, 2.24) is 15.1 Å². The van der Waals surface area contributed by atoms with E-state index in [2.05, 4.69) is 10.4 Å². The zero-order valence-electron chi connectivity index (χ0n) is 16.6. The van der Waals surface area contributed by atoms with Gasteiger partial charge in [-0.3, -0.25) is 9.59 Å². The van der Waals surface area contributed by atoms with Gasteiger partial charge in [-0.1, -0.05) is 6.07 Å². The third kappa shape index (κ3) is 4.94. The number of nitrogens with one attached hydrogen (secondary N) is 1. The maximum atomic E-state index is 13.0. The van der Waals surface area contributed by atoms with Crippen LogP contribution in [0.15, 0.2) is 59.4 Å². The molecule has 11 heteroatoms. The van der Waals surface area contributed by atoms with E-state index < -0.39 is 35.2 Å². The lowest BCUT2D eigenvalue weighted by atomic mass is 10.0. The van der Waals surface area contributed by atoms with Gasteiger partial charge >= 0.3 is 12.1 Å². The van der Waals surface area contributed by atoms with E-state index in [0.29, 0.717) is 0 Å². The second-order valence-corrected chi connectivity index (χ2v) is 6.91. The SMILES string of the molecule is C[C@@H](NC(=O)c1ccc(=O)n(-c2cccc(C(=O)O)c2)n1)c1cc(N)cc(C(F)(F)F)c1. The molecule has 4 N–H and O–H groups in total. The number of carbonyl (C=O) groups excluding carboxylic acids is 1. The summed E-state index contributed by atoms with van der Waals surface area (Å²) in [6.45, 7) is 1.47. The highest BCUT2D eigenvalue weighted by molar-refractivity contribution is 5.92. The molecule has 0 unspecified atom stereocenters. The van der Waals surface area contributed by atoms with E-state index in [1.54, 1.807) is 0 Å². The molecule has 0 spiro atoms. The monoisotopic (exact) mass is 446 g/mol. The number of hydrogen-bond donors (Lipinski definition) is 3. The first-order valence-corrected chi connectivity index (χ1v) is 9.18. The Kier molecular flexibility index (Phi) is 6.01. The molecule has 3 rings (SSSR count). The van der Waals surface area contributed by atoms with E-state index in [9.17, 15) is 27.6 Å². The number of aromatic nitrogens is 2. The van der Waals surface area contributed by atoms with Crippen LogP contribution < -0.4 is 16.6 Å². The quantitative estimate of drug-likeness (QED) is 0.517. The lowest BCUT2D eigenvalue weighted by molar-refractivity contribution is -0.137. The van der Waals surface area contributed by atoms with Crippen molar-refractivity contribution in [3.05, 3.63) is 87.3 Å². The minimum atomic E-state index is -4.60. The summed E-state index contributed by atoms with van der Waals surface area (Å²) < 4.78 is 40.0. The number of amides is 1. The molecule has 0 saturated carbocycles. The van der Waals surface area contributed by atoms with Gasteiger partial charge in [0.25, 0.3) is 11.5 Å². The predicted octanol–water partition coefficient (Wildman–Crippen LogP) is 3.02. The molecule has 1 atom stereocenters. The van der Waals surface area contributed by atoms with Crippen LogP contribution in [0.2, 0.25) is 0 Å². The lowest BCUT2D eigenvalue weighted by Gasteiger charge is -2.17. The first-order valence-electron chi connectivity index (χ1n) is 9.18. The molecule has 1 heterocycles. The number of anilines is 1. The van der Waals surface area contributed by atoms with Crippen LogP contribution in [0.4, 0.5) is 18.9 Å². The molecule has 0 aliphatic rings. The topological polar surface area (TPSA) is 127 Å². The number of hydrogen-bond acceptors (Lipinski definition) is 5. The van der Waals surface area contributed by atoms with Gasteiger partial charge in [0.15, 0.2) is 0 Å². The molecule has 0 radical (unpaired) electrons. The third-order valence-corrected chi connectivity index (χ3v) is 4.52. The van der Waals surface area contributed by atoms with Crippen molar-refractivity contribution in [3.8, 4) is 5.69 Å². The second kappa shape index (κ2) is 8.53. The van der Waals surface area contributed by atoms with Crippen LogP contribution in [0, 0.1) is 0 Å². The number of carboxylic acid groups (broad SMARTS) is 1. The maximum Gasteiger partial charge on any atom is 0.416 e. The first kappa shape index (κ1) is 22.5. The highest BCUT2D eigenvalue weighted by atomic mass is 19.4. The fraction of sp³-hybridized carbons (Fsp3) is 0.143. The zero-order valence-corrected chi connectivity index (χ0v) is 16.6. The molecule has 0 aliphatic heterocycles. The van der Waals surface area contributed by atoms with Crippen molar-refractivity contribution in [2.45, 2.75) is 19.1 Å². The van der Waals surface area contributed by atoms with Crippen LogP contribution >= 0.6 is 0 Å². The van der Waals surface area contributed by atoms with Crippen molar-refractivity contribution in [2.24, 2.45) is 0 Å². The molecule has 0 bridgehead atoms. The van der Waals surface area contributed by atoms with Crippen LogP contribution in [-0.2, 0) is 6.18 Å². The van der Waals surface area contributed by atoms with Crippen molar-refractivity contribution in [2.75, 3.05) is 5.73 Å². The summed E-state index contributed by atoms with van der Waals surface area (Å²) in [6, 6.07) is 9.76. The van der Waals surface area contributed by atoms with Gasteiger partial charge in [-0.15, -0.1) is 0 Å². The molecular formula is C21H17F3N4O4. The Bertz CT molecular complexity index is 1250. The lowest BCUT2D eigenvalue weighted by Crippen LogP contribution is -2.31. The predicted molar refractivity (Wildman–Crippen MR) is 109 cm³/mol. The first-order chi connectivity index (χ1) is 15.0. The number of nitrogen functional groups attached to an aromatic ring is 1. The fourth-order valence-corrected chi connectivity index (χ4v) is 2.93.